The second-order valence-electron chi connectivity index (χ2n) is 6.55. The highest BCUT2D eigenvalue weighted by Crippen LogP contribution is 2.30. The van der Waals surface area contributed by atoms with Gasteiger partial charge in [-0.3, -0.25) is 4.79 Å². The quantitative estimate of drug-likeness (QED) is 0.402. The fourth-order valence-corrected chi connectivity index (χ4v) is 2.72. The van der Waals surface area contributed by atoms with Crippen LogP contribution in [0.3, 0.4) is 0 Å². The topological polar surface area (TPSA) is 62.1 Å². The smallest absolute Gasteiger partial charge is 0.416 e. The number of rotatable bonds is 6. The highest BCUT2D eigenvalue weighted by Gasteiger charge is 2.30. The number of amides is 1. The van der Waals surface area contributed by atoms with E-state index in [2.05, 4.69) is 5.32 Å². The van der Waals surface area contributed by atoms with E-state index in [1.54, 1.807) is 30.3 Å². The molecule has 1 N–H and O–H groups in total. The highest BCUT2D eigenvalue weighted by atomic mass is 19.4. The number of anilines is 1. The van der Waals surface area contributed by atoms with Crippen LogP contribution in [0.15, 0.2) is 84.4 Å². The maximum absolute atomic E-state index is 12.8. The van der Waals surface area contributed by atoms with Crippen LogP contribution in [-0.4, -0.2) is 5.91 Å². The average molecular weight is 422 g/mol. The van der Waals surface area contributed by atoms with Gasteiger partial charge >= 0.3 is 6.18 Å². The van der Waals surface area contributed by atoms with E-state index in [1.807, 2.05) is 30.3 Å². The van der Waals surface area contributed by atoms with Crippen LogP contribution in [0.25, 0.3) is 6.08 Å². The van der Waals surface area contributed by atoms with Crippen LogP contribution in [0.2, 0.25) is 0 Å². The molecule has 3 rings (SSSR count). The van der Waals surface area contributed by atoms with Crippen LogP contribution in [0, 0.1) is 11.3 Å². The number of carbonyl (C=O) groups is 1. The molecule has 0 aliphatic carbocycles. The van der Waals surface area contributed by atoms with Crippen molar-refractivity contribution in [1.29, 1.82) is 5.26 Å². The highest BCUT2D eigenvalue weighted by molar-refractivity contribution is 6.09. The van der Waals surface area contributed by atoms with Crippen molar-refractivity contribution in [3.8, 4) is 11.8 Å². The monoisotopic (exact) mass is 422 g/mol. The Morgan fingerprint density at radius 3 is 2.45 bits per heavy atom. The first-order valence-corrected chi connectivity index (χ1v) is 9.22. The van der Waals surface area contributed by atoms with Gasteiger partial charge in [-0.2, -0.15) is 18.4 Å². The van der Waals surface area contributed by atoms with Gasteiger partial charge in [0.1, 0.15) is 24.0 Å². The molecule has 0 heterocycles. The molecular formula is C24H17F3N2O2. The normalized spacial score (nSPS) is 11.5. The molecule has 156 valence electrons. The molecule has 0 saturated carbocycles. The lowest BCUT2D eigenvalue weighted by Crippen LogP contribution is -2.14. The summed E-state index contributed by atoms with van der Waals surface area (Å²) in [6.07, 6.45) is -3.19. The van der Waals surface area contributed by atoms with E-state index < -0.39 is 17.6 Å². The molecular weight excluding hydrogens is 405 g/mol. The minimum absolute atomic E-state index is 0.0547. The summed E-state index contributed by atoms with van der Waals surface area (Å²) in [7, 11) is 0. The van der Waals surface area contributed by atoms with E-state index in [9.17, 15) is 23.2 Å². The fourth-order valence-electron chi connectivity index (χ4n) is 2.72. The molecule has 1 amide bonds. The lowest BCUT2D eigenvalue weighted by molar-refractivity contribution is -0.137. The van der Waals surface area contributed by atoms with Crippen molar-refractivity contribution in [1.82, 2.24) is 0 Å². The largest absolute Gasteiger partial charge is 0.489 e. The molecule has 0 fully saturated rings. The fraction of sp³-hybridized carbons (Fsp3) is 0.0833. The minimum Gasteiger partial charge on any atom is -0.489 e. The number of nitrogens with one attached hydrogen (secondary N) is 1. The second-order valence-corrected chi connectivity index (χ2v) is 6.55. The first-order chi connectivity index (χ1) is 14.8. The van der Waals surface area contributed by atoms with E-state index in [0.717, 1.165) is 17.7 Å². The third-order valence-electron chi connectivity index (χ3n) is 4.23. The van der Waals surface area contributed by atoms with Gasteiger partial charge in [-0.05, 0) is 47.5 Å². The van der Waals surface area contributed by atoms with Crippen molar-refractivity contribution >= 4 is 17.7 Å². The number of hydrogen-bond acceptors (Lipinski definition) is 3. The van der Waals surface area contributed by atoms with Crippen LogP contribution < -0.4 is 10.1 Å². The van der Waals surface area contributed by atoms with Crippen molar-refractivity contribution in [2.24, 2.45) is 0 Å². The van der Waals surface area contributed by atoms with Gasteiger partial charge in [-0.15, -0.1) is 0 Å². The van der Waals surface area contributed by atoms with E-state index in [0.29, 0.717) is 17.9 Å². The number of benzene rings is 3. The molecule has 3 aromatic rings. The molecule has 0 spiro atoms. The van der Waals surface area contributed by atoms with Crippen LogP contribution >= 0.6 is 0 Å². The Bertz CT molecular complexity index is 1130. The zero-order chi connectivity index (χ0) is 22.3. The number of halogens is 3. The second kappa shape index (κ2) is 9.63. The molecule has 7 heteroatoms. The Morgan fingerprint density at radius 1 is 1.00 bits per heavy atom. The Balaban J connectivity index is 1.72. The molecule has 0 unspecified atom stereocenters. The summed E-state index contributed by atoms with van der Waals surface area (Å²) < 4.78 is 44.2. The molecule has 4 nitrogen and oxygen atoms in total. The molecule has 0 aromatic heterocycles. The third kappa shape index (κ3) is 6.21. The van der Waals surface area contributed by atoms with Crippen LogP contribution in [0.4, 0.5) is 18.9 Å². The lowest BCUT2D eigenvalue weighted by atomic mass is 10.1. The lowest BCUT2D eigenvalue weighted by Gasteiger charge is -2.10. The summed E-state index contributed by atoms with van der Waals surface area (Å²) in [5, 5.41) is 11.7. The van der Waals surface area contributed by atoms with Gasteiger partial charge in [-0.25, -0.2) is 0 Å². The molecule has 0 radical (unpaired) electrons. The Morgan fingerprint density at radius 2 is 1.74 bits per heavy atom. The SMILES string of the molecule is N#C/C(=C/c1cccc(OCc2ccccc2)c1)C(=O)Nc1cccc(C(F)(F)F)c1. The van der Waals surface area contributed by atoms with Gasteiger partial charge in [0.25, 0.3) is 5.91 Å². The van der Waals surface area contributed by atoms with Gasteiger partial charge in [0.15, 0.2) is 0 Å². The van der Waals surface area contributed by atoms with Crippen LogP contribution in [0.1, 0.15) is 16.7 Å². The van der Waals surface area contributed by atoms with Crippen molar-refractivity contribution < 1.29 is 22.7 Å². The molecule has 31 heavy (non-hydrogen) atoms. The molecule has 0 bridgehead atoms. The first-order valence-electron chi connectivity index (χ1n) is 9.22. The van der Waals surface area contributed by atoms with E-state index in [4.69, 9.17) is 4.74 Å². The average Bonchev–Trinajstić information content (AvgIpc) is 2.76. The molecule has 0 aliphatic heterocycles. The Labute approximate surface area is 177 Å². The summed E-state index contributed by atoms with van der Waals surface area (Å²) in [5.41, 5.74) is 0.331. The predicted molar refractivity (Wildman–Crippen MR) is 111 cm³/mol. The zero-order valence-corrected chi connectivity index (χ0v) is 16.2. The van der Waals surface area contributed by atoms with Crippen molar-refractivity contribution in [2.75, 3.05) is 5.32 Å². The van der Waals surface area contributed by atoms with Crippen molar-refractivity contribution in [2.45, 2.75) is 12.8 Å². The van der Waals surface area contributed by atoms with E-state index in [1.165, 1.54) is 18.2 Å². The molecule has 0 atom stereocenters. The van der Waals surface area contributed by atoms with Crippen LogP contribution in [0.5, 0.6) is 5.75 Å². The Kier molecular flexibility index (Phi) is 6.73. The van der Waals surface area contributed by atoms with Crippen molar-refractivity contribution in [3.05, 3.63) is 101 Å². The number of hydrogen-bond donors (Lipinski definition) is 1. The number of carbonyl (C=O) groups excluding carboxylic acids is 1. The number of nitrogens with zero attached hydrogens (tertiary/aromatic N) is 1. The molecule has 0 saturated heterocycles. The first kappa shape index (κ1) is 21.7. The van der Waals surface area contributed by atoms with E-state index in [-0.39, 0.29) is 11.3 Å². The summed E-state index contributed by atoms with van der Waals surface area (Å²) in [6, 6.07) is 22.4. The maximum Gasteiger partial charge on any atom is 0.416 e. The summed E-state index contributed by atoms with van der Waals surface area (Å²) in [4.78, 5) is 12.4. The standard InChI is InChI=1S/C24H17F3N2O2/c25-24(26,27)20-9-5-10-21(14-20)29-23(30)19(15-28)12-18-8-4-11-22(13-18)31-16-17-6-2-1-3-7-17/h1-14H,16H2,(H,29,30)/b19-12-. The van der Waals surface area contributed by atoms with Gasteiger partial charge in [0, 0.05) is 5.69 Å². The summed E-state index contributed by atoms with van der Waals surface area (Å²) >= 11 is 0. The van der Waals surface area contributed by atoms with Gasteiger partial charge in [0.05, 0.1) is 5.56 Å². The van der Waals surface area contributed by atoms with Gasteiger partial charge in [0.2, 0.25) is 0 Å². The molecule has 3 aromatic carbocycles. The van der Waals surface area contributed by atoms with Crippen LogP contribution in [-0.2, 0) is 17.6 Å². The number of ether oxygens (including phenoxy) is 1. The van der Waals surface area contributed by atoms with Gasteiger partial charge in [-0.1, -0.05) is 48.5 Å². The predicted octanol–water partition coefficient (Wildman–Crippen LogP) is 5.83. The number of nitriles is 1. The summed E-state index contributed by atoms with van der Waals surface area (Å²) in [6.45, 7) is 0.356. The number of alkyl halides is 3. The summed E-state index contributed by atoms with van der Waals surface area (Å²) in [5.74, 6) is -0.259. The third-order valence-corrected chi connectivity index (χ3v) is 4.23. The molecule has 0 aliphatic rings. The van der Waals surface area contributed by atoms with Gasteiger partial charge < -0.3 is 10.1 Å². The Hall–Kier alpha value is -4.05. The minimum atomic E-state index is -4.53. The van der Waals surface area contributed by atoms with E-state index >= 15 is 0 Å². The maximum atomic E-state index is 12.8. The zero-order valence-electron chi connectivity index (χ0n) is 16.2. The van der Waals surface area contributed by atoms with Crippen molar-refractivity contribution in [3.63, 3.8) is 0 Å².